The Kier molecular flexibility index (Phi) is 6.21. The van der Waals surface area contributed by atoms with Gasteiger partial charge < -0.3 is 15.8 Å². The summed E-state index contributed by atoms with van der Waals surface area (Å²) >= 11 is 1.39. The lowest BCUT2D eigenvalue weighted by Crippen LogP contribution is -2.15. The summed E-state index contributed by atoms with van der Waals surface area (Å²) in [5.74, 6) is 0.490. The Labute approximate surface area is 116 Å². The molecule has 1 aromatic rings. The van der Waals surface area contributed by atoms with Crippen molar-refractivity contribution in [3.05, 3.63) is 23.8 Å². The maximum atomic E-state index is 11.7. The molecule has 0 spiro atoms. The second kappa shape index (κ2) is 7.68. The highest BCUT2D eigenvalue weighted by molar-refractivity contribution is 7.99. The first-order valence-corrected chi connectivity index (χ1v) is 6.99. The smallest absolute Gasteiger partial charge is 0.306 e. The molecule has 3 N–H and O–H groups in total. The number of methoxy groups -OCH3 is 1. The molecule has 6 heteroatoms. The number of amides is 1. The zero-order valence-corrected chi connectivity index (χ0v) is 11.9. The maximum Gasteiger partial charge on any atom is 0.306 e. The third-order valence-electron chi connectivity index (χ3n) is 2.45. The highest BCUT2D eigenvalue weighted by Crippen LogP contribution is 2.18. The molecule has 19 heavy (non-hydrogen) atoms. The van der Waals surface area contributed by atoms with Crippen LogP contribution in [0.5, 0.6) is 0 Å². The van der Waals surface area contributed by atoms with Gasteiger partial charge in [0.25, 0.3) is 0 Å². The van der Waals surface area contributed by atoms with Crippen LogP contribution >= 0.6 is 11.8 Å². The number of benzene rings is 1. The molecule has 0 fully saturated rings. The first-order chi connectivity index (χ1) is 9.02. The van der Waals surface area contributed by atoms with Crippen molar-refractivity contribution in [2.24, 2.45) is 0 Å². The van der Waals surface area contributed by atoms with E-state index in [0.717, 1.165) is 11.3 Å². The minimum Gasteiger partial charge on any atom is -0.469 e. The van der Waals surface area contributed by atoms with E-state index in [4.69, 9.17) is 5.73 Å². The van der Waals surface area contributed by atoms with E-state index in [1.807, 2.05) is 13.0 Å². The number of nitrogen functional groups attached to an aromatic ring is 1. The summed E-state index contributed by atoms with van der Waals surface area (Å²) in [5.41, 5.74) is 7.96. The van der Waals surface area contributed by atoms with Crippen molar-refractivity contribution in [2.75, 3.05) is 29.7 Å². The van der Waals surface area contributed by atoms with Crippen LogP contribution in [-0.2, 0) is 14.3 Å². The second-order valence-electron chi connectivity index (χ2n) is 4.00. The molecule has 0 bridgehead atoms. The van der Waals surface area contributed by atoms with Crippen LogP contribution in [0.4, 0.5) is 11.4 Å². The van der Waals surface area contributed by atoms with Crippen LogP contribution in [0, 0.1) is 6.92 Å². The molecule has 0 atom stereocenters. The van der Waals surface area contributed by atoms with Gasteiger partial charge in [-0.05, 0) is 24.6 Å². The number of rotatable bonds is 6. The van der Waals surface area contributed by atoms with Crippen molar-refractivity contribution < 1.29 is 14.3 Å². The Hall–Kier alpha value is -1.69. The SMILES string of the molecule is COC(=O)CCSCC(=O)Nc1cc(N)ccc1C. The van der Waals surface area contributed by atoms with Gasteiger partial charge in [-0.3, -0.25) is 9.59 Å². The molecule has 1 rings (SSSR count). The van der Waals surface area contributed by atoms with Gasteiger partial charge in [-0.25, -0.2) is 0 Å². The summed E-state index contributed by atoms with van der Waals surface area (Å²) in [4.78, 5) is 22.6. The van der Waals surface area contributed by atoms with Gasteiger partial charge in [0, 0.05) is 17.1 Å². The van der Waals surface area contributed by atoms with E-state index in [1.54, 1.807) is 12.1 Å². The molecular formula is C13H18N2O3S. The molecule has 5 nitrogen and oxygen atoms in total. The van der Waals surface area contributed by atoms with Crippen molar-refractivity contribution in [1.29, 1.82) is 0 Å². The van der Waals surface area contributed by atoms with Crippen molar-refractivity contribution in [3.8, 4) is 0 Å². The third kappa shape index (κ3) is 5.65. The topological polar surface area (TPSA) is 81.4 Å². The molecular weight excluding hydrogens is 264 g/mol. The van der Waals surface area contributed by atoms with Crippen molar-refractivity contribution >= 4 is 35.0 Å². The summed E-state index contributed by atoms with van der Waals surface area (Å²) in [6.07, 6.45) is 0.311. The van der Waals surface area contributed by atoms with Crippen molar-refractivity contribution in [1.82, 2.24) is 0 Å². The minimum atomic E-state index is -0.264. The van der Waals surface area contributed by atoms with Crippen LogP contribution in [0.2, 0.25) is 0 Å². The number of thioether (sulfide) groups is 1. The molecule has 0 aromatic heterocycles. The maximum absolute atomic E-state index is 11.7. The number of aryl methyl sites for hydroxylation is 1. The number of esters is 1. The number of nitrogens with one attached hydrogen (secondary N) is 1. The van der Waals surface area contributed by atoms with Crippen LogP contribution < -0.4 is 11.1 Å². The van der Waals surface area contributed by atoms with Gasteiger partial charge in [0.1, 0.15) is 0 Å². The van der Waals surface area contributed by atoms with Crippen LogP contribution in [0.1, 0.15) is 12.0 Å². The first kappa shape index (κ1) is 15.4. The lowest BCUT2D eigenvalue weighted by molar-refractivity contribution is -0.140. The molecule has 0 unspecified atom stereocenters. The summed E-state index contributed by atoms with van der Waals surface area (Å²) < 4.78 is 4.52. The molecule has 1 amide bonds. The van der Waals surface area contributed by atoms with E-state index in [9.17, 15) is 9.59 Å². The normalized spacial score (nSPS) is 10.0. The van der Waals surface area contributed by atoms with Crippen LogP contribution in [0.15, 0.2) is 18.2 Å². The lowest BCUT2D eigenvalue weighted by Gasteiger charge is -2.09. The van der Waals surface area contributed by atoms with E-state index in [2.05, 4.69) is 10.1 Å². The Morgan fingerprint density at radius 2 is 2.16 bits per heavy atom. The highest BCUT2D eigenvalue weighted by atomic mass is 32.2. The van der Waals surface area contributed by atoms with Crippen LogP contribution in [0.25, 0.3) is 0 Å². The molecule has 0 aliphatic rings. The van der Waals surface area contributed by atoms with Gasteiger partial charge in [0.2, 0.25) is 5.91 Å². The fourth-order valence-electron chi connectivity index (χ4n) is 1.38. The molecule has 104 valence electrons. The van der Waals surface area contributed by atoms with Gasteiger partial charge in [-0.1, -0.05) is 6.07 Å². The average Bonchev–Trinajstić information content (AvgIpc) is 2.38. The molecule has 0 saturated carbocycles. The Bertz CT molecular complexity index is 463. The highest BCUT2D eigenvalue weighted by Gasteiger charge is 2.06. The predicted molar refractivity (Wildman–Crippen MR) is 78.2 cm³/mol. The standard InChI is InChI=1S/C13H18N2O3S/c1-9-3-4-10(14)7-11(9)15-12(16)8-19-6-5-13(17)18-2/h3-4,7H,5-6,8,14H2,1-2H3,(H,15,16). The third-order valence-corrected chi connectivity index (χ3v) is 3.41. The van der Waals surface area contributed by atoms with E-state index in [1.165, 1.54) is 18.9 Å². The summed E-state index contributed by atoms with van der Waals surface area (Å²) in [6, 6.07) is 5.37. The van der Waals surface area contributed by atoms with Crippen molar-refractivity contribution in [3.63, 3.8) is 0 Å². The summed E-state index contributed by atoms with van der Waals surface area (Å²) in [6.45, 7) is 1.90. The number of hydrogen-bond donors (Lipinski definition) is 2. The Balaban J connectivity index is 2.35. The van der Waals surface area contributed by atoms with E-state index < -0.39 is 0 Å². The number of hydrogen-bond acceptors (Lipinski definition) is 5. The first-order valence-electron chi connectivity index (χ1n) is 5.83. The zero-order valence-electron chi connectivity index (χ0n) is 11.1. The van der Waals surface area contributed by atoms with Gasteiger partial charge in [-0.2, -0.15) is 11.8 Å². The monoisotopic (exact) mass is 282 g/mol. The Morgan fingerprint density at radius 3 is 2.84 bits per heavy atom. The minimum absolute atomic E-state index is 0.108. The van der Waals surface area contributed by atoms with Crippen molar-refractivity contribution in [2.45, 2.75) is 13.3 Å². The zero-order chi connectivity index (χ0) is 14.3. The summed E-state index contributed by atoms with van der Waals surface area (Å²) in [5, 5.41) is 2.80. The lowest BCUT2D eigenvalue weighted by atomic mass is 10.2. The molecule has 0 aliphatic heterocycles. The number of nitrogens with two attached hydrogens (primary N) is 1. The number of carbonyl (C=O) groups is 2. The van der Waals surface area contributed by atoms with E-state index >= 15 is 0 Å². The fraction of sp³-hybridized carbons (Fsp3) is 0.385. The fourth-order valence-corrected chi connectivity index (χ4v) is 2.10. The number of carbonyl (C=O) groups excluding carboxylic acids is 2. The van der Waals surface area contributed by atoms with Crippen LogP contribution in [-0.4, -0.2) is 30.5 Å². The van der Waals surface area contributed by atoms with Gasteiger partial charge >= 0.3 is 5.97 Å². The van der Waals surface area contributed by atoms with E-state index in [-0.39, 0.29) is 11.9 Å². The predicted octanol–water partition coefficient (Wildman–Crippen LogP) is 1.81. The van der Waals surface area contributed by atoms with Gasteiger partial charge in [-0.15, -0.1) is 0 Å². The quantitative estimate of drug-likeness (QED) is 0.472. The average molecular weight is 282 g/mol. The Morgan fingerprint density at radius 1 is 1.42 bits per heavy atom. The van der Waals surface area contributed by atoms with E-state index in [0.29, 0.717) is 23.6 Å². The number of anilines is 2. The van der Waals surface area contributed by atoms with Gasteiger partial charge in [0.05, 0.1) is 19.3 Å². The van der Waals surface area contributed by atoms with Gasteiger partial charge in [0.15, 0.2) is 0 Å². The second-order valence-corrected chi connectivity index (χ2v) is 5.11. The molecule has 0 aliphatic carbocycles. The largest absolute Gasteiger partial charge is 0.469 e. The molecule has 0 heterocycles. The van der Waals surface area contributed by atoms with Crippen LogP contribution in [0.3, 0.4) is 0 Å². The molecule has 0 saturated heterocycles. The molecule has 1 aromatic carbocycles. The molecule has 0 radical (unpaired) electrons. The number of ether oxygens (including phenoxy) is 1. The summed E-state index contributed by atoms with van der Waals surface area (Å²) in [7, 11) is 1.35.